The molecule has 1 atom stereocenters. The van der Waals surface area contributed by atoms with Gasteiger partial charge in [0.05, 0.1) is 0 Å². The average molecular weight is 295 g/mol. The molecule has 0 bridgehead atoms. The molecule has 2 rings (SSSR count). The molecular formula is C13H17N3O3S. The van der Waals surface area contributed by atoms with E-state index in [1.54, 1.807) is 30.1 Å². The Balaban J connectivity index is 2.17. The van der Waals surface area contributed by atoms with Crippen LogP contribution in [0.3, 0.4) is 0 Å². The van der Waals surface area contributed by atoms with Gasteiger partial charge in [0.15, 0.2) is 5.58 Å². The van der Waals surface area contributed by atoms with Crippen LogP contribution in [0.25, 0.3) is 11.1 Å². The minimum absolute atomic E-state index is 0.0520. The minimum Gasteiger partial charge on any atom is -0.430 e. The maximum absolute atomic E-state index is 12.1. The number of benzene rings is 1. The van der Waals surface area contributed by atoms with Crippen LogP contribution in [-0.2, 0) is 15.6 Å². The number of nitrogens with zero attached hydrogens (tertiary/aromatic N) is 2. The van der Waals surface area contributed by atoms with Gasteiger partial charge in [0.2, 0.25) is 5.91 Å². The second-order valence-corrected chi connectivity index (χ2v) is 6.12. The first kappa shape index (κ1) is 14.5. The molecule has 0 aliphatic heterocycles. The molecule has 108 valence electrons. The fourth-order valence-corrected chi connectivity index (χ4v) is 2.52. The number of fused-ring (bicyclic) bond motifs is 1. The average Bonchev–Trinajstić information content (AvgIpc) is 2.80. The van der Waals surface area contributed by atoms with Crippen molar-refractivity contribution >= 4 is 33.5 Å². The van der Waals surface area contributed by atoms with E-state index in [4.69, 9.17) is 10.2 Å². The smallest absolute Gasteiger partial charge is 0.288 e. The maximum atomic E-state index is 12.1. The molecule has 20 heavy (non-hydrogen) atoms. The van der Waals surface area contributed by atoms with Crippen LogP contribution >= 0.6 is 0 Å². The Morgan fingerprint density at radius 3 is 2.85 bits per heavy atom. The van der Waals surface area contributed by atoms with Crippen molar-refractivity contribution in [3.63, 3.8) is 0 Å². The predicted octanol–water partition coefficient (Wildman–Crippen LogP) is 1.38. The van der Waals surface area contributed by atoms with Gasteiger partial charge < -0.3 is 15.1 Å². The van der Waals surface area contributed by atoms with Crippen molar-refractivity contribution in [1.29, 1.82) is 0 Å². The van der Waals surface area contributed by atoms with Gasteiger partial charge >= 0.3 is 0 Å². The van der Waals surface area contributed by atoms with E-state index >= 15 is 0 Å². The number of carbonyl (C=O) groups excluding carboxylic acids is 1. The van der Waals surface area contributed by atoms with Gasteiger partial charge in [-0.05, 0) is 32.0 Å². The summed E-state index contributed by atoms with van der Waals surface area (Å²) in [6, 6.07) is 5.04. The van der Waals surface area contributed by atoms with Crippen LogP contribution in [0.5, 0.6) is 0 Å². The first-order valence-corrected chi connectivity index (χ1v) is 7.50. The summed E-state index contributed by atoms with van der Waals surface area (Å²) in [6.45, 7) is 3.78. The quantitative estimate of drug-likeness (QED) is 0.861. The van der Waals surface area contributed by atoms with Crippen molar-refractivity contribution < 1.29 is 13.4 Å². The summed E-state index contributed by atoms with van der Waals surface area (Å²) in [5.41, 5.74) is 7.25. The van der Waals surface area contributed by atoms with Crippen molar-refractivity contribution in [2.75, 3.05) is 18.5 Å². The van der Waals surface area contributed by atoms with Crippen LogP contribution in [0, 0.1) is 0 Å². The number of carbonyl (C=O) groups is 1. The standard InChI is InChI=1S/C13H17N3O3S/c1-8(2)16(3)12(17)7-20(18)13-15-10-6-9(14)4-5-11(10)19-13/h4-6,8H,7,14H2,1-3H3. The fraction of sp³-hybridized carbons (Fsp3) is 0.385. The predicted molar refractivity (Wildman–Crippen MR) is 77.6 cm³/mol. The Labute approximate surface area is 119 Å². The van der Waals surface area contributed by atoms with E-state index in [1.165, 1.54) is 0 Å². The van der Waals surface area contributed by atoms with Gasteiger partial charge in [-0.25, -0.2) is 9.19 Å². The molecule has 6 nitrogen and oxygen atoms in total. The second kappa shape index (κ2) is 5.62. The summed E-state index contributed by atoms with van der Waals surface area (Å²) in [7, 11) is 0.0779. The van der Waals surface area contributed by atoms with Crippen LogP contribution in [0.4, 0.5) is 5.69 Å². The van der Waals surface area contributed by atoms with Gasteiger partial charge in [-0.3, -0.25) is 4.79 Å². The Morgan fingerprint density at radius 1 is 1.50 bits per heavy atom. The van der Waals surface area contributed by atoms with Crippen LogP contribution in [0.2, 0.25) is 0 Å². The Morgan fingerprint density at radius 2 is 2.20 bits per heavy atom. The number of hydrogen-bond acceptors (Lipinski definition) is 5. The van der Waals surface area contributed by atoms with E-state index in [0.29, 0.717) is 16.8 Å². The molecular weight excluding hydrogens is 278 g/mol. The number of amides is 1. The normalized spacial score (nSPS) is 12.8. The van der Waals surface area contributed by atoms with Crippen LogP contribution in [-0.4, -0.2) is 38.8 Å². The van der Waals surface area contributed by atoms with E-state index in [-0.39, 0.29) is 22.9 Å². The third kappa shape index (κ3) is 2.98. The lowest BCUT2D eigenvalue weighted by molar-refractivity contribution is -0.128. The highest BCUT2D eigenvalue weighted by molar-refractivity contribution is 7.85. The lowest BCUT2D eigenvalue weighted by atomic mass is 10.3. The van der Waals surface area contributed by atoms with Gasteiger partial charge in [-0.2, -0.15) is 0 Å². The number of nitrogen functional groups attached to an aromatic ring is 1. The second-order valence-electron chi connectivity index (χ2n) is 4.80. The van der Waals surface area contributed by atoms with E-state index in [2.05, 4.69) is 4.98 Å². The zero-order valence-electron chi connectivity index (χ0n) is 11.6. The molecule has 1 aromatic heterocycles. The van der Waals surface area contributed by atoms with Gasteiger partial charge in [-0.1, -0.05) is 0 Å². The topological polar surface area (TPSA) is 89.4 Å². The van der Waals surface area contributed by atoms with E-state index in [1.807, 2.05) is 13.8 Å². The Bertz CT molecular complexity index is 666. The SMILES string of the molecule is CC(C)N(C)C(=O)CS(=O)c1nc2cc(N)ccc2o1. The van der Waals surface area contributed by atoms with Crippen molar-refractivity contribution in [3.8, 4) is 0 Å². The number of nitrogens with two attached hydrogens (primary N) is 1. The molecule has 1 unspecified atom stereocenters. The van der Waals surface area contributed by atoms with Crippen molar-refractivity contribution in [3.05, 3.63) is 18.2 Å². The maximum Gasteiger partial charge on any atom is 0.288 e. The molecule has 1 aromatic carbocycles. The molecule has 0 fully saturated rings. The van der Waals surface area contributed by atoms with E-state index in [0.717, 1.165) is 0 Å². The summed E-state index contributed by atoms with van der Waals surface area (Å²) >= 11 is 0. The molecule has 2 N–H and O–H groups in total. The number of hydrogen-bond donors (Lipinski definition) is 1. The lowest BCUT2D eigenvalue weighted by Crippen LogP contribution is -2.36. The summed E-state index contributed by atoms with van der Waals surface area (Å²) < 4.78 is 17.5. The molecule has 0 saturated carbocycles. The van der Waals surface area contributed by atoms with Gasteiger partial charge in [0.1, 0.15) is 22.1 Å². The van der Waals surface area contributed by atoms with E-state index in [9.17, 15) is 9.00 Å². The molecule has 0 aliphatic carbocycles. The highest BCUT2D eigenvalue weighted by Crippen LogP contribution is 2.20. The number of rotatable bonds is 4. The highest BCUT2D eigenvalue weighted by atomic mass is 32.2. The van der Waals surface area contributed by atoms with Crippen LogP contribution in [0.15, 0.2) is 27.8 Å². The minimum atomic E-state index is -1.60. The zero-order chi connectivity index (χ0) is 14.9. The lowest BCUT2D eigenvalue weighted by Gasteiger charge is -2.20. The third-order valence-electron chi connectivity index (χ3n) is 3.01. The molecule has 2 aromatic rings. The van der Waals surface area contributed by atoms with Crippen molar-refractivity contribution in [2.24, 2.45) is 0 Å². The fourth-order valence-electron chi connectivity index (χ4n) is 1.58. The molecule has 0 spiro atoms. The molecule has 0 saturated heterocycles. The molecule has 1 amide bonds. The summed E-state index contributed by atoms with van der Waals surface area (Å²) in [5, 5.41) is 0.0520. The summed E-state index contributed by atoms with van der Waals surface area (Å²) in [5.74, 6) is -0.350. The highest BCUT2D eigenvalue weighted by Gasteiger charge is 2.20. The van der Waals surface area contributed by atoms with Gasteiger partial charge in [0, 0.05) is 18.8 Å². The summed E-state index contributed by atoms with van der Waals surface area (Å²) in [4.78, 5) is 17.5. The van der Waals surface area contributed by atoms with Gasteiger partial charge in [0.25, 0.3) is 5.22 Å². The Hall–Kier alpha value is -1.89. The monoisotopic (exact) mass is 295 g/mol. The van der Waals surface area contributed by atoms with Crippen molar-refractivity contribution in [2.45, 2.75) is 25.1 Å². The number of aromatic nitrogens is 1. The molecule has 7 heteroatoms. The largest absolute Gasteiger partial charge is 0.430 e. The first-order valence-electron chi connectivity index (χ1n) is 6.18. The van der Waals surface area contributed by atoms with E-state index < -0.39 is 10.8 Å². The van der Waals surface area contributed by atoms with Gasteiger partial charge in [-0.15, -0.1) is 0 Å². The zero-order valence-corrected chi connectivity index (χ0v) is 12.4. The Kier molecular flexibility index (Phi) is 4.08. The number of oxazole rings is 1. The third-order valence-corrected chi connectivity index (χ3v) is 4.08. The first-order chi connectivity index (χ1) is 9.38. The molecule has 0 radical (unpaired) electrons. The van der Waals surface area contributed by atoms with Crippen LogP contribution < -0.4 is 5.73 Å². The molecule has 1 heterocycles. The molecule has 0 aliphatic rings. The number of anilines is 1. The van der Waals surface area contributed by atoms with Crippen LogP contribution in [0.1, 0.15) is 13.8 Å². The summed E-state index contributed by atoms with van der Waals surface area (Å²) in [6.07, 6.45) is 0. The van der Waals surface area contributed by atoms with Crippen molar-refractivity contribution in [1.82, 2.24) is 9.88 Å².